The molecule has 0 bridgehead atoms. The van der Waals surface area contributed by atoms with Crippen molar-refractivity contribution in [2.75, 3.05) is 40.3 Å². The van der Waals surface area contributed by atoms with Gasteiger partial charge in [-0.15, -0.1) is 0 Å². The summed E-state index contributed by atoms with van der Waals surface area (Å²) in [4.78, 5) is 28.5. The zero-order valence-electron chi connectivity index (χ0n) is 22.1. The first-order chi connectivity index (χ1) is 19.0. The summed E-state index contributed by atoms with van der Waals surface area (Å²) in [5, 5.41) is 12.9. The van der Waals surface area contributed by atoms with Crippen LogP contribution in [0.2, 0.25) is 0 Å². The molecule has 0 saturated carbocycles. The molecule has 0 atom stereocenters. The van der Waals surface area contributed by atoms with Crippen molar-refractivity contribution in [2.45, 2.75) is 6.54 Å². The van der Waals surface area contributed by atoms with Crippen LogP contribution in [-0.2, 0) is 11.3 Å². The lowest BCUT2D eigenvalue weighted by atomic mass is 10.00. The molecule has 39 heavy (non-hydrogen) atoms. The summed E-state index contributed by atoms with van der Waals surface area (Å²) < 4.78 is 4.86. The number of ether oxygens (including phenoxy) is 1. The number of aromatic amines is 2. The quantitative estimate of drug-likeness (QED) is 0.214. The van der Waals surface area contributed by atoms with Crippen LogP contribution in [-0.4, -0.2) is 76.9 Å². The molecule has 198 valence electrons. The Morgan fingerprint density at radius 3 is 2.49 bits per heavy atom. The van der Waals surface area contributed by atoms with Gasteiger partial charge in [0.05, 0.1) is 29.6 Å². The van der Waals surface area contributed by atoms with Crippen molar-refractivity contribution in [2.24, 2.45) is 4.99 Å². The van der Waals surface area contributed by atoms with Crippen molar-refractivity contribution in [3.63, 3.8) is 0 Å². The predicted molar refractivity (Wildman–Crippen MR) is 154 cm³/mol. The van der Waals surface area contributed by atoms with E-state index in [4.69, 9.17) is 9.73 Å². The topological polar surface area (TPSA) is 96.9 Å². The number of aromatic nitrogens is 2. The monoisotopic (exact) mass is 521 g/mol. The molecular formula is C31H31N5O3. The van der Waals surface area contributed by atoms with E-state index in [1.807, 2.05) is 42.5 Å². The van der Waals surface area contributed by atoms with Crippen LogP contribution in [0.25, 0.3) is 21.8 Å². The van der Waals surface area contributed by atoms with E-state index in [-0.39, 0.29) is 5.88 Å². The van der Waals surface area contributed by atoms with Gasteiger partial charge in [0.15, 0.2) is 5.88 Å². The molecule has 8 nitrogen and oxygen atoms in total. The molecule has 8 heteroatoms. The number of hydrogen-bond donors (Lipinski definition) is 3. The van der Waals surface area contributed by atoms with Crippen LogP contribution in [0.5, 0.6) is 5.88 Å². The lowest BCUT2D eigenvalue weighted by Gasteiger charge is -2.31. The number of aromatic hydroxyl groups is 1. The fourth-order valence-corrected chi connectivity index (χ4v) is 5.24. The smallest absolute Gasteiger partial charge is 0.337 e. The Labute approximate surface area is 226 Å². The van der Waals surface area contributed by atoms with E-state index in [0.717, 1.165) is 60.3 Å². The highest BCUT2D eigenvalue weighted by Gasteiger charge is 2.20. The molecule has 6 rings (SSSR count). The summed E-state index contributed by atoms with van der Waals surface area (Å²) in [5.74, 6) is -0.442. The highest BCUT2D eigenvalue weighted by atomic mass is 16.5. The minimum atomic E-state index is -0.434. The van der Waals surface area contributed by atoms with Crippen molar-refractivity contribution >= 4 is 39.2 Å². The van der Waals surface area contributed by atoms with Crippen LogP contribution in [0.15, 0.2) is 77.8 Å². The average molecular weight is 522 g/mol. The number of fused-ring (bicyclic) bond motifs is 2. The van der Waals surface area contributed by atoms with E-state index in [1.165, 1.54) is 12.8 Å². The number of nitrogens with one attached hydrogen (secondary N) is 2. The molecule has 0 radical (unpaired) electrons. The number of H-pyrrole nitrogens is 2. The standard InChI is InChI=1S/C31H31N5O3/c1-35-12-14-36(15-13-35)19-24-17-22-16-23(9-11-26(22)32-24)33-29(20-6-4-3-5-7-20)28-25-10-8-21(31(38)39-2)18-27(25)34-30(28)37/h3-11,16-18,32,34,37H,12-15,19H2,1-2H3. The van der Waals surface area contributed by atoms with E-state index in [0.29, 0.717) is 22.4 Å². The van der Waals surface area contributed by atoms with Gasteiger partial charge < -0.3 is 24.7 Å². The molecule has 1 aliphatic rings. The first-order valence-corrected chi connectivity index (χ1v) is 13.1. The Morgan fingerprint density at radius 2 is 1.72 bits per heavy atom. The fourth-order valence-electron chi connectivity index (χ4n) is 5.24. The van der Waals surface area contributed by atoms with Crippen LogP contribution in [0.4, 0.5) is 5.69 Å². The highest BCUT2D eigenvalue weighted by molar-refractivity contribution is 6.22. The summed E-state index contributed by atoms with van der Waals surface area (Å²) in [6, 6.07) is 23.3. The van der Waals surface area contributed by atoms with Crippen molar-refractivity contribution in [1.82, 2.24) is 19.8 Å². The molecule has 3 aromatic carbocycles. The number of nitrogens with zero attached hydrogens (tertiary/aromatic N) is 3. The third-order valence-corrected chi connectivity index (χ3v) is 7.37. The fraction of sp³-hybridized carbons (Fsp3) is 0.226. The molecule has 2 aromatic heterocycles. The molecule has 0 unspecified atom stereocenters. The first-order valence-electron chi connectivity index (χ1n) is 13.1. The molecule has 1 fully saturated rings. The minimum Gasteiger partial charge on any atom is -0.494 e. The zero-order valence-corrected chi connectivity index (χ0v) is 22.1. The number of rotatable bonds is 6. The Balaban J connectivity index is 1.39. The lowest BCUT2D eigenvalue weighted by Crippen LogP contribution is -2.43. The van der Waals surface area contributed by atoms with E-state index < -0.39 is 5.97 Å². The van der Waals surface area contributed by atoms with E-state index >= 15 is 0 Å². The van der Waals surface area contributed by atoms with E-state index in [1.54, 1.807) is 12.1 Å². The highest BCUT2D eigenvalue weighted by Crippen LogP contribution is 2.33. The predicted octanol–water partition coefficient (Wildman–Crippen LogP) is 5.06. The van der Waals surface area contributed by atoms with Crippen molar-refractivity contribution in [1.29, 1.82) is 0 Å². The van der Waals surface area contributed by atoms with E-state index in [2.05, 4.69) is 45.0 Å². The SMILES string of the molecule is COC(=O)c1ccc2c(C(=Nc3ccc4[nH]c(CN5CCN(C)CC5)cc4c3)c3ccccc3)c(O)[nH]c2c1. The van der Waals surface area contributed by atoms with Gasteiger partial charge in [0.1, 0.15) is 0 Å². The summed E-state index contributed by atoms with van der Waals surface area (Å²) >= 11 is 0. The van der Waals surface area contributed by atoms with Crippen molar-refractivity contribution in [3.05, 3.63) is 95.2 Å². The Morgan fingerprint density at radius 1 is 0.923 bits per heavy atom. The number of likely N-dealkylation sites (N-methyl/N-ethyl adjacent to an activating group) is 1. The average Bonchev–Trinajstić information content (AvgIpc) is 3.51. The van der Waals surface area contributed by atoms with Crippen LogP contribution >= 0.6 is 0 Å². The lowest BCUT2D eigenvalue weighted by molar-refractivity contribution is 0.0601. The largest absolute Gasteiger partial charge is 0.494 e. The normalized spacial score (nSPS) is 15.3. The van der Waals surface area contributed by atoms with Crippen LogP contribution in [0.1, 0.15) is 27.2 Å². The number of carbonyl (C=O) groups excluding carboxylic acids is 1. The summed E-state index contributed by atoms with van der Waals surface area (Å²) in [6.07, 6.45) is 0. The summed E-state index contributed by atoms with van der Waals surface area (Å²) in [6.45, 7) is 5.21. The second kappa shape index (κ2) is 10.4. The van der Waals surface area contributed by atoms with E-state index in [9.17, 15) is 9.90 Å². The number of aliphatic imine (C=N–C) groups is 1. The molecular weight excluding hydrogens is 490 g/mol. The molecule has 1 saturated heterocycles. The first kappa shape index (κ1) is 24.9. The maximum absolute atomic E-state index is 12.0. The van der Waals surface area contributed by atoms with Crippen LogP contribution in [0, 0.1) is 0 Å². The van der Waals surface area contributed by atoms with Gasteiger partial charge in [-0.05, 0) is 43.4 Å². The van der Waals surface area contributed by atoms with Crippen molar-refractivity contribution in [3.8, 4) is 5.88 Å². The van der Waals surface area contributed by atoms with Gasteiger partial charge in [-0.3, -0.25) is 4.90 Å². The Hall–Kier alpha value is -4.40. The Bertz CT molecular complexity index is 1680. The van der Waals surface area contributed by atoms with Gasteiger partial charge >= 0.3 is 5.97 Å². The number of carbonyl (C=O) groups is 1. The molecule has 3 N–H and O–H groups in total. The Kier molecular flexibility index (Phi) is 6.64. The van der Waals surface area contributed by atoms with Crippen molar-refractivity contribution < 1.29 is 14.6 Å². The van der Waals surface area contributed by atoms with Gasteiger partial charge in [0.25, 0.3) is 0 Å². The molecule has 1 aliphatic heterocycles. The maximum atomic E-state index is 12.0. The molecule has 0 aliphatic carbocycles. The maximum Gasteiger partial charge on any atom is 0.337 e. The van der Waals surface area contributed by atoms with Gasteiger partial charge in [0, 0.05) is 65.8 Å². The number of piperazine rings is 1. The number of benzene rings is 3. The van der Waals surface area contributed by atoms with Gasteiger partial charge in [-0.25, -0.2) is 9.79 Å². The number of hydrogen-bond acceptors (Lipinski definition) is 6. The van der Waals surface area contributed by atoms with Gasteiger partial charge in [-0.2, -0.15) is 0 Å². The number of esters is 1. The number of methoxy groups -OCH3 is 1. The minimum absolute atomic E-state index is 0.00759. The van der Waals surface area contributed by atoms with Crippen LogP contribution in [0.3, 0.4) is 0 Å². The zero-order chi connectivity index (χ0) is 26.9. The summed E-state index contributed by atoms with van der Waals surface area (Å²) in [7, 11) is 3.52. The van der Waals surface area contributed by atoms with Gasteiger partial charge in [-0.1, -0.05) is 36.4 Å². The summed E-state index contributed by atoms with van der Waals surface area (Å²) in [5.41, 5.74) is 6.17. The molecule has 0 amide bonds. The molecule has 0 spiro atoms. The third-order valence-electron chi connectivity index (χ3n) is 7.37. The third kappa shape index (κ3) is 5.04. The molecule has 3 heterocycles. The van der Waals surface area contributed by atoms with Gasteiger partial charge in [0.2, 0.25) is 0 Å². The molecule has 5 aromatic rings. The second-order valence-corrected chi connectivity index (χ2v) is 10.1. The second-order valence-electron chi connectivity index (χ2n) is 10.1. The van der Waals surface area contributed by atoms with Crippen LogP contribution < -0.4 is 0 Å².